The lowest BCUT2D eigenvalue weighted by Crippen LogP contribution is -2.67. The van der Waals surface area contributed by atoms with Crippen LogP contribution < -0.4 is 24.6 Å². The first kappa shape index (κ1) is 33.5. The Bertz CT molecular complexity index is 1320. The number of hydrogen-bond acceptors (Lipinski definition) is 5. The Morgan fingerprint density at radius 3 is 1.88 bits per heavy atom. The number of rotatable bonds is 13. The van der Waals surface area contributed by atoms with Crippen molar-refractivity contribution in [3.63, 3.8) is 0 Å². The highest BCUT2D eigenvalue weighted by Gasteiger charge is 2.50. The Balaban J connectivity index is 1.93. The average molecular weight is 608 g/mol. The second-order valence-corrected chi connectivity index (χ2v) is 18.6. The number of ether oxygens (including phenoxy) is 2. The van der Waals surface area contributed by atoms with Crippen molar-refractivity contribution < 1.29 is 22.9 Å². The van der Waals surface area contributed by atoms with Crippen molar-refractivity contribution in [1.82, 2.24) is 4.72 Å². The van der Waals surface area contributed by atoms with E-state index in [0.717, 1.165) is 15.9 Å². The molecular formula is C34H45NO5SSi. The van der Waals surface area contributed by atoms with Crippen LogP contribution in [0.5, 0.6) is 11.5 Å². The van der Waals surface area contributed by atoms with E-state index in [1.165, 1.54) is 0 Å². The minimum atomic E-state index is -2.84. The summed E-state index contributed by atoms with van der Waals surface area (Å²) < 4.78 is 33.7. The summed E-state index contributed by atoms with van der Waals surface area (Å²) in [5, 5.41) is 2.08. The number of carbonyl (C=O) groups is 1. The van der Waals surface area contributed by atoms with Crippen molar-refractivity contribution in [2.45, 2.75) is 63.8 Å². The van der Waals surface area contributed by atoms with Gasteiger partial charge in [0, 0.05) is 12.5 Å². The van der Waals surface area contributed by atoms with Gasteiger partial charge in [0.25, 0.3) is 8.32 Å². The van der Waals surface area contributed by atoms with E-state index < -0.39 is 30.1 Å². The fourth-order valence-corrected chi connectivity index (χ4v) is 10.3. The van der Waals surface area contributed by atoms with Crippen molar-refractivity contribution in [2.75, 3.05) is 20.8 Å². The zero-order chi connectivity index (χ0) is 31.0. The van der Waals surface area contributed by atoms with E-state index in [1.54, 1.807) is 32.4 Å². The van der Waals surface area contributed by atoms with E-state index in [-0.39, 0.29) is 23.8 Å². The summed E-state index contributed by atoms with van der Waals surface area (Å²) in [5.74, 6) is 1.11. The summed E-state index contributed by atoms with van der Waals surface area (Å²) in [7, 11) is -1.08. The van der Waals surface area contributed by atoms with Gasteiger partial charge in [-0.25, -0.2) is 8.93 Å². The molecule has 0 radical (unpaired) electrons. The van der Waals surface area contributed by atoms with Crippen molar-refractivity contribution in [3.8, 4) is 11.5 Å². The van der Waals surface area contributed by atoms with Crippen LogP contribution in [0.4, 0.5) is 0 Å². The first-order chi connectivity index (χ1) is 19.8. The zero-order valence-corrected chi connectivity index (χ0v) is 27.9. The van der Waals surface area contributed by atoms with Gasteiger partial charge in [-0.05, 0) is 60.0 Å². The summed E-state index contributed by atoms with van der Waals surface area (Å²) in [6.45, 7) is 12.6. The molecule has 2 atom stereocenters. The molecule has 42 heavy (non-hydrogen) atoms. The molecule has 0 aromatic heterocycles. The summed E-state index contributed by atoms with van der Waals surface area (Å²) in [4.78, 5) is 13.3. The topological polar surface area (TPSA) is 73.9 Å². The lowest BCUT2D eigenvalue weighted by molar-refractivity contribution is -0.115. The number of allylic oxidation sites excluding steroid dienone is 1. The van der Waals surface area contributed by atoms with Crippen molar-refractivity contribution in [3.05, 3.63) is 90.5 Å². The molecule has 0 aliphatic rings. The fourth-order valence-electron chi connectivity index (χ4n) is 4.91. The second-order valence-electron chi connectivity index (χ2n) is 12.3. The first-order valence-corrected chi connectivity index (χ1v) is 17.2. The van der Waals surface area contributed by atoms with Crippen LogP contribution in [-0.2, 0) is 20.2 Å². The maximum Gasteiger partial charge on any atom is 0.261 e. The molecular weight excluding hydrogens is 563 g/mol. The van der Waals surface area contributed by atoms with Gasteiger partial charge in [-0.2, -0.15) is 0 Å². The number of benzene rings is 3. The average Bonchev–Trinajstić information content (AvgIpc) is 2.96. The number of methoxy groups -OCH3 is 2. The molecule has 0 aliphatic carbocycles. The highest BCUT2D eigenvalue weighted by molar-refractivity contribution is 7.84. The molecule has 3 aromatic rings. The van der Waals surface area contributed by atoms with Gasteiger partial charge in [0.1, 0.15) is 0 Å². The molecule has 1 N–H and O–H groups in total. The number of hydrogen-bond donors (Lipinski definition) is 1. The lowest BCUT2D eigenvalue weighted by atomic mass is 10.1. The molecule has 0 aliphatic heterocycles. The predicted molar refractivity (Wildman–Crippen MR) is 177 cm³/mol. The van der Waals surface area contributed by atoms with E-state index in [2.05, 4.69) is 49.8 Å². The highest BCUT2D eigenvalue weighted by Crippen LogP contribution is 2.37. The molecule has 3 rings (SSSR count). The maximum atomic E-state index is 13.3. The van der Waals surface area contributed by atoms with Gasteiger partial charge in [-0.15, -0.1) is 0 Å². The van der Waals surface area contributed by atoms with Crippen molar-refractivity contribution >= 4 is 41.5 Å². The highest BCUT2D eigenvalue weighted by atomic mass is 32.2. The Kier molecular flexibility index (Phi) is 11.5. The van der Waals surface area contributed by atoms with Gasteiger partial charge in [0.2, 0.25) is 0 Å². The number of carbonyl (C=O) groups excluding carboxylic acids is 1. The van der Waals surface area contributed by atoms with Crippen LogP contribution in [0.3, 0.4) is 0 Å². The number of nitrogens with one attached hydrogen (secondary N) is 1. The van der Waals surface area contributed by atoms with E-state index in [1.807, 2.05) is 69.3 Å². The van der Waals surface area contributed by atoms with Gasteiger partial charge in [0.05, 0.1) is 36.6 Å². The molecule has 0 amide bonds. The monoisotopic (exact) mass is 607 g/mol. The van der Waals surface area contributed by atoms with Crippen LogP contribution in [0.1, 0.15) is 53.5 Å². The van der Waals surface area contributed by atoms with E-state index in [4.69, 9.17) is 13.9 Å². The Morgan fingerprint density at radius 1 is 0.857 bits per heavy atom. The third kappa shape index (κ3) is 8.28. The van der Waals surface area contributed by atoms with Crippen LogP contribution >= 0.6 is 0 Å². The molecule has 0 saturated carbocycles. The van der Waals surface area contributed by atoms with Crippen LogP contribution in [0.25, 0.3) is 6.08 Å². The summed E-state index contributed by atoms with van der Waals surface area (Å²) in [5.41, 5.74) is 0.812. The smallest absolute Gasteiger partial charge is 0.261 e. The van der Waals surface area contributed by atoms with Gasteiger partial charge in [-0.3, -0.25) is 4.79 Å². The molecule has 1 unspecified atom stereocenters. The van der Waals surface area contributed by atoms with Gasteiger partial charge in [-0.1, -0.05) is 93.6 Å². The quantitative estimate of drug-likeness (QED) is 0.200. The molecule has 0 bridgehead atoms. The minimum Gasteiger partial charge on any atom is -0.493 e. The molecule has 226 valence electrons. The van der Waals surface area contributed by atoms with Crippen LogP contribution in [0, 0.1) is 0 Å². The third-order valence-electron chi connectivity index (χ3n) is 7.06. The molecule has 6 nitrogen and oxygen atoms in total. The Hall–Kier alpha value is -3.04. The van der Waals surface area contributed by atoms with Crippen LogP contribution in [-0.4, -0.2) is 49.9 Å². The van der Waals surface area contributed by atoms with Gasteiger partial charge in [0.15, 0.2) is 17.3 Å². The minimum absolute atomic E-state index is 0.0979. The zero-order valence-electron chi connectivity index (χ0n) is 26.1. The fraction of sp³-hybridized carbons (Fsp3) is 0.382. The molecule has 0 spiro atoms. The number of ketones is 1. The van der Waals surface area contributed by atoms with E-state index in [9.17, 15) is 9.00 Å². The van der Waals surface area contributed by atoms with Crippen molar-refractivity contribution in [2.24, 2.45) is 0 Å². The molecule has 0 saturated heterocycles. The first-order valence-electron chi connectivity index (χ1n) is 14.2. The molecule has 8 heteroatoms. The van der Waals surface area contributed by atoms with E-state index >= 15 is 0 Å². The van der Waals surface area contributed by atoms with Crippen LogP contribution in [0.15, 0.2) is 84.9 Å². The van der Waals surface area contributed by atoms with Gasteiger partial charge >= 0.3 is 0 Å². The SMILES string of the molecule is COc1ccc(/C=C/C(=O)C[C@H](CO[Si](c2ccccc2)(c2ccccc2)C(C)(C)C)NS(=O)C(C)(C)C)cc1OC. The largest absolute Gasteiger partial charge is 0.493 e. The van der Waals surface area contributed by atoms with Crippen molar-refractivity contribution in [1.29, 1.82) is 0 Å². The predicted octanol–water partition coefficient (Wildman–Crippen LogP) is 5.67. The lowest BCUT2D eigenvalue weighted by Gasteiger charge is -2.43. The second kappa shape index (κ2) is 14.4. The third-order valence-corrected chi connectivity index (χ3v) is 13.7. The van der Waals surface area contributed by atoms with Gasteiger partial charge < -0.3 is 13.9 Å². The molecule has 0 fully saturated rings. The summed E-state index contributed by atoms with van der Waals surface area (Å²) in [6.07, 6.45) is 3.44. The molecule has 0 heterocycles. The summed E-state index contributed by atoms with van der Waals surface area (Å²) >= 11 is 0. The molecule has 3 aromatic carbocycles. The van der Waals surface area contributed by atoms with Crippen LogP contribution in [0.2, 0.25) is 5.04 Å². The Labute approximate surface area is 255 Å². The standard InChI is InChI=1S/C34H45NO5SSi/c1-33(2,3)41(37)35-27(24-28(36)21-19-26-20-22-31(38-7)32(23-26)39-8)25-40-42(34(4,5)6,29-15-11-9-12-16-29)30-17-13-10-14-18-30/h9-23,27,35H,24-25H2,1-8H3/b21-19+/t27-,41?/m1/s1. The van der Waals surface area contributed by atoms with E-state index in [0.29, 0.717) is 11.5 Å². The normalized spacial score (nSPS) is 14.0. The Morgan fingerprint density at radius 2 is 1.40 bits per heavy atom. The maximum absolute atomic E-state index is 13.3. The summed E-state index contributed by atoms with van der Waals surface area (Å²) in [6, 6.07) is 25.8.